The number of hydrogen-bond acceptors (Lipinski definition) is 3. The van der Waals surface area contributed by atoms with E-state index in [9.17, 15) is 4.79 Å². The number of anilines is 1. The molecule has 0 bridgehead atoms. The van der Waals surface area contributed by atoms with Crippen molar-refractivity contribution in [1.29, 1.82) is 0 Å². The highest BCUT2D eigenvalue weighted by molar-refractivity contribution is 5.94. The Morgan fingerprint density at radius 2 is 1.89 bits per heavy atom. The lowest BCUT2D eigenvalue weighted by atomic mass is 9.85. The number of benzene rings is 1. The minimum Gasteiger partial charge on any atom is -0.493 e. The number of carbonyl (C=O) groups excluding carboxylic acids is 1. The van der Waals surface area contributed by atoms with E-state index in [0.717, 1.165) is 43.9 Å². The minimum atomic E-state index is 0. The minimum absolute atomic E-state index is 0. The van der Waals surface area contributed by atoms with Crippen molar-refractivity contribution in [1.82, 2.24) is 4.90 Å². The lowest BCUT2D eigenvalue weighted by Gasteiger charge is -2.37. The number of amides is 1. The summed E-state index contributed by atoms with van der Waals surface area (Å²) in [4.78, 5) is 16.7. The molecule has 1 aromatic rings. The lowest BCUT2D eigenvalue weighted by Crippen LogP contribution is -2.41. The summed E-state index contributed by atoms with van der Waals surface area (Å²) < 4.78 is 6.30. The quantitative estimate of drug-likeness (QED) is 0.720. The van der Waals surface area contributed by atoms with E-state index in [1.165, 1.54) is 37.1 Å². The molecule has 2 aliphatic rings. The zero-order chi connectivity index (χ0) is 18.7. The SMILES string of the molecule is CCCOc1c(C2CCN(CC)CC2)ccc2c1CC[C@H](C)N2C(C)=O.Cl. The number of piperidine rings is 1. The van der Waals surface area contributed by atoms with Crippen LogP contribution < -0.4 is 9.64 Å². The van der Waals surface area contributed by atoms with Gasteiger partial charge in [-0.25, -0.2) is 0 Å². The molecule has 2 aliphatic heterocycles. The number of carbonyl (C=O) groups is 1. The number of ether oxygens (including phenoxy) is 1. The van der Waals surface area contributed by atoms with E-state index in [4.69, 9.17) is 4.74 Å². The standard InChI is InChI=1S/C22H34N2O2.ClH/c1-5-15-26-22-19(18-11-13-23(6-2)14-12-18)9-10-21-20(22)8-7-16(3)24(21)17(4)25;/h9-10,16,18H,5-8,11-15H2,1-4H3;1H/t16-;/m0./s1. The summed E-state index contributed by atoms with van der Waals surface area (Å²) in [5.41, 5.74) is 3.69. The fourth-order valence-electron chi connectivity index (χ4n) is 4.56. The Hall–Kier alpha value is -1.26. The van der Waals surface area contributed by atoms with Crippen LogP contribution in [0.5, 0.6) is 5.75 Å². The van der Waals surface area contributed by atoms with Gasteiger partial charge in [-0.1, -0.05) is 19.9 Å². The van der Waals surface area contributed by atoms with Crippen molar-refractivity contribution in [2.24, 2.45) is 0 Å². The molecule has 0 aromatic heterocycles. The summed E-state index contributed by atoms with van der Waals surface area (Å²) >= 11 is 0. The van der Waals surface area contributed by atoms with Gasteiger partial charge in [0.1, 0.15) is 5.75 Å². The van der Waals surface area contributed by atoms with Gasteiger partial charge in [-0.3, -0.25) is 4.79 Å². The van der Waals surface area contributed by atoms with E-state index in [-0.39, 0.29) is 24.4 Å². The Labute approximate surface area is 170 Å². The van der Waals surface area contributed by atoms with Gasteiger partial charge in [-0.05, 0) is 76.2 Å². The zero-order valence-electron chi connectivity index (χ0n) is 17.3. The normalized spacial score (nSPS) is 20.7. The van der Waals surface area contributed by atoms with Gasteiger partial charge in [0.05, 0.1) is 12.3 Å². The molecule has 1 atom stereocenters. The Kier molecular flexibility index (Phi) is 7.99. The second-order valence-electron chi connectivity index (χ2n) is 7.82. The first-order valence-corrected chi connectivity index (χ1v) is 10.4. The lowest BCUT2D eigenvalue weighted by molar-refractivity contribution is -0.117. The van der Waals surface area contributed by atoms with E-state index in [0.29, 0.717) is 5.92 Å². The molecule has 3 rings (SSSR count). The average molecular weight is 395 g/mol. The molecule has 0 aliphatic carbocycles. The van der Waals surface area contributed by atoms with Crippen LogP contribution in [0.4, 0.5) is 5.69 Å². The number of hydrogen-bond donors (Lipinski definition) is 0. The summed E-state index contributed by atoms with van der Waals surface area (Å²) in [6, 6.07) is 4.68. The molecule has 4 nitrogen and oxygen atoms in total. The third-order valence-electron chi connectivity index (χ3n) is 6.04. The van der Waals surface area contributed by atoms with Gasteiger partial charge >= 0.3 is 0 Å². The van der Waals surface area contributed by atoms with E-state index >= 15 is 0 Å². The van der Waals surface area contributed by atoms with Crippen LogP contribution in [-0.2, 0) is 11.2 Å². The first kappa shape index (κ1) is 22.0. The highest BCUT2D eigenvalue weighted by atomic mass is 35.5. The molecule has 1 fully saturated rings. The molecule has 5 heteroatoms. The van der Waals surface area contributed by atoms with Gasteiger partial charge < -0.3 is 14.5 Å². The van der Waals surface area contributed by atoms with Crippen molar-refractivity contribution in [3.63, 3.8) is 0 Å². The predicted octanol–water partition coefficient (Wildman–Crippen LogP) is 4.78. The maximum atomic E-state index is 12.2. The summed E-state index contributed by atoms with van der Waals surface area (Å²) in [6.07, 6.45) is 5.40. The molecule has 0 radical (unpaired) electrons. The first-order chi connectivity index (χ1) is 12.6. The molecule has 0 unspecified atom stereocenters. The number of fused-ring (bicyclic) bond motifs is 1. The number of likely N-dealkylation sites (tertiary alicyclic amines) is 1. The Bertz CT molecular complexity index is 641. The Balaban J connectivity index is 0.00000261. The second-order valence-corrected chi connectivity index (χ2v) is 7.82. The van der Waals surface area contributed by atoms with E-state index in [1.54, 1.807) is 6.92 Å². The van der Waals surface area contributed by atoms with Gasteiger partial charge in [0, 0.05) is 18.5 Å². The molecule has 0 N–H and O–H groups in total. The van der Waals surface area contributed by atoms with Crippen LogP contribution in [0.2, 0.25) is 0 Å². The van der Waals surface area contributed by atoms with E-state index in [1.807, 2.05) is 4.90 Å². The van der Waals surface area contributed by atoms with Crippen molar-refractivity contribution in [2.75, 3.05) is 31.1 Å². The fourth-order valence-corrected chi connectivity index (χ4v) is 4.56. The summed E-state index contributed by atoms with van der Waals surface area (Å²) in [6.45, 7) is 12.4. The van der Waals surface area contributed by atoms with E-state index in [2.05, 4.69) is 37.8 Å². The fraction of sp³-hybridized carbons (Fsp3) is 0.682. The van der Waals surface area contributed by atoms with Crippen molar-refractivity contribution in [2.45, 2.75) is 71.8 Å². The van der Waals surface area contributed by atoms with Crippen molar-refractivity contribution in [3.05, 3.63) is 23.3 Å². The summed E-state index contributed by atoms with van der Waals surface area (Å²) in [5, 5.41) is 0. The molecule has 152 valence electrons. The molecule has 0 spiro atoms. The molecule has 27 heavy (non-hydrogen) atoms. The molecular weight excluding hydrogens is 360 g/mol. The monoisotopic (exact) mass is 394 g/mol. The number of halogens is 1. The first-order valence-electron chi connectivity index (χ1n) is 10.4. The summed E-state index contributed by atoms with van der Waals surface area (Å²) in [5.74, 6) is 1.78. The van der Waals surface area contributed by atoms with Gasteiger partial charge in [0.15, 0.2) is 0 Å². The van der Waals surface area contributed by atoms with E-state index < -0.39 is 0 Å². The van der Waals surface area contributed by atoms with Crippen LogP contribution in [0.15, 0.2) is 12.1 Å². The van der Waals surface area contributed by atoms with Crippen LogP contribution >= 0.6 is 12.4 Å². The molecular formula is C22H35ClN2O2. The van der Waals surface area contributed by atoms with Crippen LogP contribution in [-0.4, -0.2) is 43.1 Å². The van der Waals surface area contributed by atoms with Gasteiger partial charge in [0.2, 0.25) is 5.91 Å². The molecule has 1 aromatic carbocycles. The van der Waals surface area contributed by atoms with Gasteiger partial charge in [-0.15, -0.1) is 12.4 Å². The smallest absolute Gasteiger partial charge is 0.224 e. The van der Waals surface area contributed by atoms with Gasteiger partial charge in [0.25, 0.3) is 0 Å². The Morgan fingerprint density at radius 3 is 2.48 bits per heavy atom. The topological polar surface area (TPSA) is 32.8 Å². The number of rotatable bonds is 5. The van der Waals surface area contributed by atoms with Crippen molar-refractivity contribution in [3.8, 4) is 5.75 Å². The molecule has 1 saturated heterocycles. The van der Waals surface area contributed by atoms with Crippen LogP contribution in [0.25, 0.3) is 0 Å². The predicted molar refractivity (Wildman–Crippen MR) is 115 cm³/mol. The summed E-state index contributed by atoms with van der Waals surface area (Å²) in [7, 11) is 0. The highest BCUT2D eigenvalue weighted by Gasteiger charge is 2.31. The Morgan fingerprint density at radius 1 is 1.19 bits per heavy atom. The third kappa shape index (κ3) is 4.60. The average Bonchev–Trinajstić information content (AvgIpc) is 2.65. The number of nitrogens with zero attached hydrogens (tertiary/aromatic N) is 2. The largest absolute Gasteiger partial charge is 0.493 e. The molecule has 1 amide bonds. The van der Waals surface area contributed by atoms with Gasteiger partial charge in [-0.2, -0.15) is 0 Å². The van der Waals surface area contributed by atoms with Crippen molar-refractivity contribution < 1.29 is 9.53 Å². The van der Waals surface area contributed by atoms with Crippen molar-refractivity contribution >= 4 is 24.0 Å². The highest BCUT2D eigenvalue weighted by Crippen LogP contribution is 2.43. The van der Waals surface area contributed by atoms with Crippen LogP contribution in [0.1, 0.15) is 70.4 Å². The maximum absolute atomic E-state index is 12.2. The van der Waals surface area contributed by atoms with Crippen LogP contribution in [0.3, 0.4) is 0 Å². The molecule has 2 heterocycles. The molecule has 0 saturated carbocycles. The second kappa shape index (κ2) is 9.79. The van der Waals surface area contributed by atoms with Crippen LogP contribution in [0, 0.1) is 0 Å². The zero-order valence-corrected chi connectivity index (χ0v) is 18.1. The maximum Gasteiger partial charge on any atom is 0.224 e. The third-order valence-corrected chi connectivity index (χ3v) is 6.04.